The predicted octanol–water partition coefficient (Wildman–Crippen LogP) is 5.45. The number of nitrogens with zero attached hydrogens (tertiary/aromatic N) is 1. The molecule has 31 heavy (non-hydrogen) atoms. The molecule has 0 saturated heterocycles. The number of hydroxylamine groups is 2. The minimum atomic E-state index is -0.744. The second kappa shape index (κ2) is 7.66. The summed E-state index contributed by atoms with van der Waals surface area (Å²) in [7, 11) is 0. The molecule has 6 heteroatoms. The number of imide groups is 1. The van der Waals surface area contributed by atoms with Crippen molar-refractivity contribution in [1.82, 2.24) is 5.06 Å². The van der Waals surface area contributed by atoms with Crippen LogP contribution in [0.2, 0.25) is 0 Å². The molecule has 1 aromatic heterocycles. The number of benzene rings is 3. The number of rotatable bonds is 4. The van der Waals surface area contributed by atoms with Crippen LogP contribution in [0.5, 0.6) is 0 Å². The molecule has 5 nitrogen and oxygen atoms in total. The molecule has 0 spiro atoms. The summed E-state index contributed by atoms with van der Waals surface area (Å²) in [6, 6.07) is 27.9. The summed E-state index contributed by atoms with van der Waals surface area (Å²) in [6.07, 6.45) is 0. The first kappa shape index (κ1) is 19.0. The Labute approximate surface area is 182 Å². The number of hydrogen-bond donors (Lipinski definition) is 0. The van der Waals surface area contributed by atoms with E-state index in [1.807, 2.05) is 60.7 Å². The van der Waals surface area contributed by atoms with E-state index in [1.165, 1.54) is 23.5 Å². The molecular formula is C25H15NO4S. The lowest BCUT2D eigenvalue weighted by atomic mass is 10.0. The summed E-state index contributed by atoms with van der Waals surface area (Å²) >= 11 is 1.24. The summed E-state index contributed by atoms with van der Waals surface area (Å²) in [6.45, 7) is 0. The maximum atomic E-state index is 12.6. The first-order valence-corrected chi connectivity index (χ1v) is 10.4. The molecule has 0 atom stereocenters. The van der Waals surface area contributed by atoms with Gasteiger partial charge in [-0.2, -0.15) is 0 Å². The van der Waals surface area contributed by atoms with Crippen molar-refractivity contribution in [3.8, 4) is 21.6 Å². The van der Waals surface area contributed by atoms with Gasteiger partial charge in [0.05, 0.1) is 11.1 Å². The third-order valence-electron chi connectivity index (χ3n) is 5.01. The van der Waals surface area contributed by atoms with Crippen LogP contribution in [0.1, 0.15) is 30.4 Å². The Morgan fingerprint density at radius 2 is 1.19 bits per heavy atom. The molecule has 0 fully saturated rings. The van der Waals surface area contributed by atoms with Crippen LogP contribution in [0.3, 0.4) is 0 Å². The average Bonchev–Trinajstić information content (AvgIpc) is 3.40. The highest BCUT2D eigenvalue weighted by molar-refractivity contribution is 7.17. The van der Waals surface area contributed by atoms with Gasteiger partial charge in [-0.3, -0.25) is 9.59 Å². The van der Waals surface area contributed by atoms with Crippen LogP contribution < -0.4 is 0 Å². The molecule has 2 heterocycles. The Balaban J connectivity index is 1.32. The largest absolute Gasteiger partial charge is 0.373 e. The number of carbonyl (C=O) groups excluding carboxylic acids is 3. The van der Waals surface area contributed by atoms with Crippen molar-refractivity contribution < 1.29 is 19.2 Å². The molecule has 0 radical (unpaired) electrons. The SMILES string of the molecule is O=C(ON1C(=O)c2ccccc2C1=O)c1ccc(-c2ccc(-c3ccccc3)cc2)s1. The first-order chi connectivity index (χ1) is 15.1. The molecule has 0 saturated carbocycles. The van der Waals surface area contributed by atoms with Crippen LogP contribution in [-0.4, -0.2) is 22.8 Å². The van der Waals surface area contributed by atoms with Crippen molar-refractivity contribution in [1.29, 1.82) is 0 Å². The van der Waals surface area contributed by atoms with E-state index in [9.17, 15) is 14.4 Å². The van der Waals surface area contributed by atoms with Crippen LogP contribution in [0.15, 0.2) is 91.0 Å². The smallest absolute Gasteiger partial charge is 0.323 e. The van der Waals surface area contributed by atoms with E-state index in [2.05, 4.69) is 0 Å². The fraction of sp³-hybridized carbons (Fsp3) is 0. The molecule has 0 bridgehead atoms. The van der Waals surface area contributed by atoms with E-state index in [1.54, 1.807) is 18.2 Å². The van der Waals surface area contributed by atoms with Crippen molar-refractivity contribution in [2.75, 3.05) is 0 Å². The highest BCUT2D eigenvalue weighted by atomic mass is 32.1. The summed E-state index contributed by atoms with van der Waals surface area (Å²) in [5.74, 6) is -2.02. The molecule has 5 rings (SSSR count). The molecular weight excluding hydrogens is 410 g/mol. The minimum absolute atomic E-state index is 0.227. The van der Waals surface area contributed by atoms with E-state index < -0.39 is 17.8 Å². The monoisotopic (exact) mass is 425 g/mol. The second-order valence-electron chi connectivity index (χ2n) is 6.94. The Hall–Kier alpha value is -4.03. The third kappa shape index (κ3) is 3.43. The van der Waals surface area contributed by atoms with Crippen LogP contribution >= 0.6 is 11.3 Å². The van der Waals surface area contributed by atoms with Gasteiger partial charge in [-0.1, -0.05) is 71.8 Å². The van der Waals surface area contributed by atoms with Crippen molar-refractivity contribution in [2.45, 2.75) is 0 Å². The molecule has 0 N–H and O–H groups in total. The van der Waals surface area contributed by atoms with Gasteiger partial charge in [0, 0.05) is 4.88 Å². The van der Waals surface area contributed by atoms with Crippen molar-refractivity contribution >= 4 is 29.1 Å². The van der Waals surface area contributed by atoms with Crippen LogP contribution in [0.4, 0.5) is 0 Å². The fourth-order valence-corrected chi connectivity index (χ4v) is 4.32. The van der Waals surface area contributed by atoms with Gasteiger partial charge in [-0.15, -0.1) is 11.3 Å². The van der Waals surface area contributed by atoms with Gasteiger partial charge >= 0.3 is 5.97 Å². The molecule has 0 unspecified atom stereocenters. The number of fused-ring (bicyclic) bond motifs is 1. The van der Waals surface area contributed by atoms with Gasteiger partial charge in [0.15, 0.2) is 0 Å². The standard InChI is InChI=1S/C25H15NO4S/c27-23-19-8-4-5-9-20(19)24(28)26(23)30-25(29)22-15-14-21(31-22)18-12-10-17(11-13-18)16-6-2-1-3-7-16/h1-15H. The lowest BCUT2D eigenvalue weighted by Gasteiger charge is -2.11. The number of amides is 2. The molecule has 3 aromatic carbocycles. The van der Waals surface area contributed by atoms with E-state index in [-0.39, 0.29) is 11.1 Å². The summed E-state index contributed by atoms with van der Waals surface area (Å²) in [4.78, 5) is 43.7. The highest BCUT2D eigenvalue weighted by Crippen LogP contribution is 2.31. The summed E-state index contributed by atoms with van der Waals surface area (Å²) in [5.41, 5.74) is 3.65. The van der Waals surface area contributed by atoms with Crippen molar-refractivity contribution in [2.24, 2.45) is 0 Å². The fourth-order valence-electron chi connectivity index (χ4n) is 3.44. The van der Waals surface area contributed by atoms with E-state index in [0.717, 1.165) is 21.6 Å². The van der Waals surface area contributed by atoms with Gasteiger partial charge < -0.3 is 4.84 Å². The number of hydrogen-bond acceptors (Lipinski definition) is 5. The van der Waals surface area contributed by atoms with Crippen LogP contribution in [-0.2, 0) is 4.84 Å². The minimum Gasteiger partial charge on any atom is -0.323 e. The molecule has 0 aliphatic carbocycles. The zero-order chi connectivity index (χ0) is 21.4. The average molecular weight is 425 g/mol. The van der Waals surface area contributed by atoms with Gasteiger partial charge in [0.1, 0.15) is 4.88 Å². The van der Waals surface area contributed by atoms with Crippen LogP contribution in [0, 0.1) is 0 Å². The zero-order valence-electron chi connectivity index (χ0n) is 16.1. The zero-order valence-corrected chi connectivity index (χ0v) is 17.0. The Morgan fingerprint density at radius 3 is 1.84 bits per heavy atom. The Morgan fingerprint density at radius 1 is 0.645 bits per heavy atom. The Bertz CT molecular complexity index is 1270. The van der Waals surface area contributed by atoms with Gasteiger partial charge in [-0.25, -0.2) is 4.79 Å². The molecule has 4 aromatic rings. The second-order valence-corrected chi connectivity index (χ2v) is 8.02. The van der Waals surface area contributed by atoms with Gasteiger partial charge in [-0.05, 0) is 41.0 Å². The van der Waals surface area contributed by atoms with E-state index in [0.29, 0.717) is 9.94 Å². The predicted molar refractivity (Wildman–Crippen MR) is 118 cm³/mol. The Kier molecular flexibility index (Phi) is 4.69. The van der Waals surface area contributed by atoms with E-state index in [4.69, 9.17) is 4.84 Å². The maximum absolute atomic E-state index is 12.6. The van der Waals surface area contributed by atoms with Gasteiger partial charge in [0.25, 0.3) is 11.8 Å². The normalized spacial score (nSPS) is 12.7. The molecule has 1 aliphatic rings. The first-order valence-electron chi connectivity index (χ1n) is 9.57. The van der Waals surface area contributed by atoms with Gasteiger partial charge in [0.2, 0.25) is 0 Å². The maximum Gasteiger partial charge on any atom is 0.373 e. The quantitative estimate of drug-likeness (QED) is 0.408. The molecule has 150 valence electrons. The summed E-state index contributed by atoms with van der Waals surface area (Å²) < 4.78 is 0. The molecule has 1 aliphatic heterocycles. The topological polar surface area (TPSA) is 63.7 Å². The molecule has 2 amide bonds. The lowest BCUT2D eigenvalue weighted by Crippen LogP contribution is -2.32. The van der Waals surface area contributed by atoms with Crippen molar-refractivity contribution in [3.63, 3.8) is 0 Å². The number of thiophene rings is 1. The third-order valence-corrected chi connectivity index (χ3v) is 6.13. The van der Waals surface area contributed by atoms with Crippen molar-refractivity contribution in [3.05, 3.63) is 107 Å². The summed E-state index contributed by atoms with van der Waals surface area (Å²) in [5, 5.41) is 0.529. The lowest BCUT2D eigenvalue weighted by molar-refractivity contribution is -0.0581. The van der Waals surface area contributed by atoms with E-state index >= 15 is 0 Å². The number of carbonyl (C=O) groups is 3. The highest BCUT2D eigenvalue weighted by Gasteiger charge is 2.39. The van der Waals surface area contributed by atoms with Crippen LogP contribution in [0.25, 0.3) is 21.6 Å².